The number of rotatable bonds is 3. The first kappa shape index (κ1) is 22.9. The highest BCUT2D eigenvalue weighted by molar-refractivity contribution is 6.31. The second kappa shape index (κ2) is 8.94. The SMILES string of the molecule is Cc1nc(N2CCN(C(=O)c3cc(Cl)ccc3-n3nccn3)C[C@H](C)O2)cc(C(F)(F)F)n1. The van der Waals surface area contributed by atoms with Crippen LogP contribution in [-0.2, 0) is 11.0 Å². The standard InChI is InChI=1S/C20H19ClF3N7O2/c1-12-11-29(19(32)15-9-14(21)3-4-16(15)31-25-5-6-26-31)7-8-30(33-12)18-10-17(20(22,23)24)27-13(2)28-18/h3-6,9-10,12H,7-8,11H2,1-2H3/t12-/m0/s1. The zero-order valence-electron chi connectivity index (χ0n) is 17.6. The summed E-state index contributed by atoms with van der Waals surface area (Å²) in [6.45, 7) is 3.56. The van der Waals surface area contributed by atoms with Crippen LogP contribution in [0.3, 0.4) is 0 Å². The zero-order valence-corrected chi connectivity index (χ0v) is 18.4. The molecule has 0 aliphatic carbocycles. The number of anilines is 1. The number of amides is 1. The number of aromatic nitrogens is 5. The molecule has 1 saturated heterocycles. The van der Waals surface area contributed by atoms with Crippen LogP contribution in [0.1, 0.15) is 28.8 Å². The van der Waals surface area contributed by atoms with Crippen LogP contribution in [-0.4, -0.2) is 61.5 Å². The highest BCUT2D eigenvalue weighted by atomic mass is 35.5. The zero-order chi connectivity index (χ0) is 23.8. The summed E-state index contributed by atoms with van der Waals surface area (Å²) in [6, 6.07) is 5.63. The lowest BCUT2D eigenvalue weighted by Crippen LogP contribution is -2.37. The van der Waals surface area contributed by atoms with E-state index in [2.05, 4.69) is 20.2 Å². The van der Waals surface area contributed by atoms with Crippen molar-refractivity contribution in [3.63, 3.8) is 0 Å². The molecule has 0 saturated carbocycles. The van der Waals surface area contributed by atoms with Gasteiger partial charge in [0.2, 0.25) is 0 Å². The van der Waals surface area contributed by atoms with Crippen LogP contribution in [0.5, 0.6) is 0 Å². The predicted octanol–water partition coefficient (Wildman–Crippen LogP) is 3.32. The highest BCUT2D eigenvalue weighted by Crippen LogP contribution is 2.30. The van der Waals surface area contributed by atoms with E-state index >= 15 is 0 Å². The van der Waals surface area contributed by atoms with Crippen LogP contribution in [0.15, 0.2) is 36.7 Å². The van der Waals surface area contributed by atoms with Crippen LogP contribution in [0, 0.1) is 6.92 Å². The molecular weight excluding hydrogens is 463 g/mol. The Balaban J connectivity index is 1.60. The molecule has 4 rings (SSSR count). The lowest BCUT2D eigenvalue weighted by molar-refractivity contribution is -0.141. The summed E-state index contributed by atoms with van der Waals surface area (Å²) in [5.74, 6) is -0.402. The molecule has 174 valence electrons. The second-order valence-corrected chi connectivity index (χ2v) is 7.84. The molecule has 1 aliphatic rings. The van der Waals surface area contributed by atoms with E-state index in [1.807, 2.05) is 0 Å². The minimum Gasteiger partial charge on any atom is -0.334 e. The fourth-order valence-electron chi connectivity index (χ4n) is 3.46. The molecule has 0 spiro atoms. The number of carbonyl (C=O) groups is 1. The summed E-state index contributed by atoms with van der Waals surface area (Å²) in [6.07, 6.45) is -2.17. The first-order valence-corrected chi connectivity index (χ1v) is 10.3. The summed E-state index contributed by atoms with van der Waals surface area (Å²) >= 11 is 6.13. The van der Waals surface area contributed by atoms with E-state index in [1.54, 1.807) is 24.0 Å². The van der Waals surface area contributed by atoms with Gasteiger partial charge in [0.25, 0.3) is 5.91 Å². The van der Waals surface area contributed by atoms with Crippen molar-refractivity contribution < 1.29 is 22.8 Å². The molecule has 3 aromatic rings. The molecule has 1 amide bonds. The molecule has 1 aromatic carbocycles. The van der Waals surface area contributed by atoms with Gasteiger partial charge in [-0.1, -0.05) is 11.6 Å². The van der Waals surface area contributed by atoms with Crippen LogP contribution < -0.4 is 5.06 Å². The van der Waals surface area contributed by atoms with Gasteiger partial charge in [-0.05, 0) is 32.0 Å². The first-order valence-electron chi connectivity index (χ1n) is 9.94. The maximum absolute atomic E-state index is 13.4. The molecule has 0 bridgehead atoms. The Hall–Kier alpha value is -3.25. The number of hydrogen-bond donors (Lipinski definition) is 0. The maximum Gasteiger partial charge on any atom is 0.433 e. The number of halogens is 4. The summed E-state index contributed by atoms with van der Waals surface area (Å²) < 4.78 is 39.6. The van der Waals surface area contributed by atoms with Crippen molar-refractivity contribution in [1.82, 2.24) is 29.9 Å². The molecule has 2 aromatic heterocycles. The minimum atomic E-state index is -4.62. The summed E-state index contributed by atoms with van der Waals surface area (Å²) in [5, 5.41) is 9.78. The van der Waals surface area contributed by atoms with Gasteiger partial charge < -0.3 is 4.90 Å². The van der Waals surface area contributed by atoms with Crippen molar-refractivity contribution >= 4 is 23.3 Å². The van der Waals surface area contributed by atoms with E-state index in [9.17, 15) is 18.0 Å². The molecular formula is C20H19ClF3N7O2. The number of alkyl halides is 3. The average molecular weight is 482 g/mol. The van der Waals surface area contributed by atoms with Crippen molar-refractivity contribution in [3.05, 3.63) is 58.8 Å². The Morgan fingerprint density at radius 1 is 1.15 bits per heavy atom. The molecule has 1 atom stereocenters. The summed E-state index contributed by atoms with van der Waals surface area (Å²) in [7, 11) is 0. The monoisotopic (exact) mass is 481 g/mol. The summed E-state index contributed by atoms with van der Waals surface area (Å²) in [5.41, 5.74) is -0.323. The van der Waals surface area contributed by atoms with Gasteiger partial charge in [0.15, 0.2) is 5.82 Å². The van der Waals surface area contributed by atoms with E-state index in [-0.39, 0.29) is 42.7 Å². The van der Waals surface area contributed by atoms with Gasteiger partial charge >= 0.3 is 6.18 Å². The van der Waals surface area contributed by atoms with E-state index in [4.69, 9.17) is 16.4 Å². The van der Waals surface area contributed by atoms with Crippen molar-refractivity contribution in [1.29, 1.82) is 0 Å². The fraction of sp³-hybridized carbons (Fsp3) is 0.350. The lowest BCUT2D eigenvalue weighted by atomic mass is 10.1. The van der Waals surface area contributed by atoms with E-state index in [0.717, 1.165) is 6.07 Å². The number of carbonyl (C=O) groups excluding carboxylic acids is 1. The van der Waals surface area contributed by atoms with Gasteiger partial charge in [0.1, 0.15) is 17.6 Å². The number of nitrogens with zero attached hydrogens (tertiary/aromatic N) is 7. The van der Waals surface area contributed by atoms with Gasteiger partial charge in [-0.25, -0.2) is 15.0 Å². The third kappa shape index (κ3) is 5.06. The van der Waals surface area contributed by atoms with Crippen molar-refractivity contribution in [2.24, 2.45) is 0 Å². The molecule has 0 unspecified atom stereocenters. The van der Waals surface area contributed by atoms with E-state index in [1.165, 1.54) is 35.2 Å². The first-order chi connectivity index (χ1) is 15.6. The number of aryl methyl sites for hydroxylation is 1. The molecule has 0 radical (unpaired) electrons. The second-order valence-electron chi connectivity index (χ2n) is 7.41. The van der Waals surface area contributed by atoms with E-state index < -0.39 is 18.0 Å². The minimum absolute atomic E-state index is 0.0276. The Morgan fingerprint density at radius 2 is 1.88 bits per heavy atom. The van der Waals surface area contributed by atoms with E-state index in [0.29, 0.717) is 10.7 Å². The Morgan fingerprint density at radius 3 is 2.58 bits per heavy atom. The molecule has 33 heavy (non-hydrogen) atoms. The third-order valence-corrected chi connectivity index (χ3v) is 5.07. The molecule has 1 fully saturated rings. The average Bonchev–Trinajstić information content (AvgIpc) is 3.21. The molecule has 3 heterocycles. The Bertz CT molecular complexity index is 1160. The van der Waals surface area contributed by atoms with Crippen molar-refractivity contribution in [3.8, 4) is 5.69 Å². The third-order valence-electron chi connectivity index (χ3n) is 4.84. The fourth-order valence-corrected chi connectivity index (χ4v) is 3.63. The topological polar surface area (TPSA) is 89.3 Å². The van der Waals surface area contributed by atoms with Crippen LogP contribution in [0.2, 0.25) is 5.02 Å². The quantitative estimate of drug-likeness (QED) is 0.567. The van der Waals surface area contributed by atoms with Crippen molar-refractivity contribution in [2.45, 2.75) is 26.1 Å². The maximum atomic E-state index is 13.4. The normalized spacial score (nSPS) is 17.2. The Kier molecular flexibility index (Phi) is 6.21. The van der Waals surface area contributed by atoms with Crippen molar-refractivity contribution in [2.75, 3.05) is 24.7 Å². The van der Waals surface area contributed by atoms with Gasteiger partial charge in [-0.2, -0.15) is 28.2 Å². The highest BCUT2D eigenvalue weighted by Gasteiger charge is 2.35. The van der Waals surface area contributed by atoms with Crippen LogP contribution >= 0.6 is 11.6 Å². The number of benzene rings is 1. The number of hydroxylamine groups is 1. The van der Waals surface area contributed by atoms with Gasteiger partial charge in [0, 0.05) is 24.2 Å². The Labute approximate surface area is 191 Å². The van der Waals surface area contributed by atoms with Gasteiger partial charge in [-0.3, -0.25) is 9.63 Å². The van der Waals surface area contributed by atoms with Gasteiger partial charge in [0.05, 0.1) is 30.2 Å². The molecule has 0 N–H and O–H groups in total. The largest absolute Gasteiger partial charge is 0.433 e. The van der Waals surface area contributed by atoms with Crippen LogP contribution in [0.4, 0.5) is 19.0 Å². The predicted molar refractivity (Wildman–Crippen MR) is 112 cm³/mol. The lowest BCUT2D eigenvalue weighted by Gasteiger charge is -2.23. The summed E-state index contributed by atoms with van der Waals surface area (Å²) in [4.78, 5) is 29.6. The van der Waals surface area contributed by atoms with Gasteiger partial charge in [-0.15, -0.1) is 0 Å². The van der Waals surface area contributed by atoms with Crippen LogP contribution in [0.25, 0.3) is 5.69 Å². The number of hydrogen-bond acceptors (Lipinski definition) is 7. The molecule has 1 aliphatic heterocycles. The molecule has 13 heteroatoms. The molecule has 9 nitrogen and oxygen atoms in total. The smallest absolute Gasteiger partial charge is 0.334 e.